The molecule has 2 N–H and O–H groups in total. The molecule has 2 atom stereocenters. The first-order valence-electron chi connectivity index (χ1n) is 11.3. The first-order chi connectivity index (χ1) is 17.0. The highest BCUT2D eigenvalue weighted by atomic mass is 35.5. The predicted molar refractivity (Wildman–Crippen MR) is 137 cm³/mol. The van der Waals surface area contributed by atoms with Crippen LogP contribution in [0.3, 0.4) is 0 Å². The molecular weight excluding hydrogens is 487 g/mol. The van der Waals surface area contributed by atoms with E-state index in [-0.39, 0.29) is 12.5 Å². The summed E-state index contributed by atoms with van der Waals surface area (Å²) >= 11 is 12.7. The molecule has 0 spiro atoms. The highest BCUT2D eigenvalue weighted by molar-refractivity contribution is 6.35. The van der Waals surface area contributed by atoms with Crippen molar-refractivity contribution in [3.63, 3.8) is 0 Å². The minimum Gasteiger partial charge on any atom is -0.494 e. The van der Waals surface area contributed by atoms with Crippen LogP contribution >= 0.6 is 23.2 Å². The molecule has 182 valence electrons. The molecule has 0 fully saturated rings. The summed E-state index contributed by atoms with van der Waals surface area (Å²) < 4.78 is 12.0. The number of halogens is 2. The van der Waals surface area contributed by atoms with E-state index in [1.54, 1.807) is 37.4 Å². The van der Waals surface area contributed by atoms with Crippen LogP contribution in [0.5, 0.6) is 5.75 Å². The Morgan fingerprint density at radius 2 is 1.86 bits per heavy atom. The fraction of sp³-hybridized carbons (Fsp3) is 0.259. The van der Waals surface area contributed by atoms with Crippen molar-refractivity contribution in [2.24, 2.45) is 4.99 Å². The number of carbonyl (C=O) groups is 1. The minimum absolute atomic E-state index is 0.0698. The second-order valence-corrected chi connectivity index (χ2v) is 9.04. The van der Waals surface area contributed by atoms with Gasteiger partial charge >= 0.3 is 0 Å². The normalized spacial score (nSPS) is 19.1. The summed E-state index contributed by atoms with van der Waals surface area (Å²) in [5.41, 5.74) is 0.971. The van der Waals surface area contributed by atoms with Gasteiger partial charge < -0.3 is 19.9 Å². The largest absolute Gasteiger partial charge is 0.494 e. The van der Waals surface area contributed by atoms with Gasteiger partial charge in [0.1, 0.15) is 5.75 Å². The third-order valence-electron chi connectivity index (χ3n) is 5.82. The van der Waals surface area contributed by atoms with Crippen LogP contribution in [0.1, 0.15) is 29.2 Å². The lowest BCUT2D eigenvalue weighted by molar-refractivity contribution is -0.128. The van der Waals surface area contributed by atoms with Crippen molar-refractivity contribution >= 4 is 35.0 Å². The number of nitrogens with one attached hydrogen (secondary N) is 1. The van der Waals surface area contributed by atoms with E-state index >= 15 is 0 Å². The number of benzene rings is 3. The molecule has 0 aliphatic carbocycles. The summed E-state index contributed by atoms with van der Waals surface area (Å²) in [6.45, 7) is 0.488. The van der Waals surface area contributed by atoms with Crippen molar-refractivity contribution in [2.45, 2.75) is 24.5 Å². The average Bonchev–Trinajstić information content (AvgIpc) is 3.24. The molecule has 6 nitrogen and oxygen atoms in total. The van der Waals surface area contributed by atoms with Gasteiger partial charge in [-0.25, -0.2) is 4.99 Å². The third kappa shape index (κ3) is 5.45. The molecule has 0 radical (unpaired) electrons. The molecule has 35 heavy (non-hydrogen) atoms. The molecule has 8 heteroatoms. The Morgan fingerprint density at radius 3 is 2.51 bits per heavy atom. The maximum absolute atomic E-state index is 13.5. The van der Waals surface area contributed by atoms with E-state index in [1.165, 1.54) is 0 Å². The van der Waals surface area contributed by atoms with E-state index in [0.717, 1.165) is 5.56 Å². The van der Waals surface area contributed by atoms with E-state index in [4.69, 9.17) is 42.8 Å². The van der Waals surface area contributed by atoms with E-state index in [0.29, 0.717) is 52.3 Å². The van der Waals surface area contributed by atoms with Crippen LogP contribution in [0.4, 0.5) is 0 Å². The monoisotopic (exact) mass is 512 g/mol. The Kier molecular flexibility index (Phi) is 7.96. The Balaban J connectivity index is 1.77. The number of amides is 1. The number of aliphatic hydroxyl groups excluding tert-OH is 1. The Labute approximate surface area is 214 Å². The number of ether oxygens (including phenoxy) is 2. The SMILES string of the molecule is CNC(=O)[C@]1(Cc2ccccc2)N=C(c2ccc(OCCCO)cc2)O[C@@H]1c1ccc(Cl)cc1Cl. The zero-order valence-corrected chi connectivity index (χ0v) is 20.7. The smallest absolute Gasteiger partial charge is 0.252 e. The maximum Gasteiger partial charge on any atom is 0.252 e. The van der Waals surface area contributed by atoms with Crippen LogP contribution < -0.4 is 10.1 Å². The van der Waals surface area contributed by atoms with Gasteiger partial charge in [0.2, 0.25) is 5.90 Å². The second-order valence-electron chi connectivity index (χ2n) is 8.20. The lowest BCUT2D eigenvalue weighted by Gasteiger charge is -2.30. The minimum atomic E-state index is -1.29. The Morgan fingerprint density at radius 1 is 1.11 bits per heavy atom. The fourth-order valence-electron chi connectivity index (χ4n) is 4.10. The number of carbonyl (C=O) groups excluding carboxylic acids is 1. The van der Waals surface area contributed by atoms with Crippen LogP contribution in [-0.2, 0) is 16.0 Å². The van der Waals surface area contributed by atoms with Crippen LogP contribution in [0.2, 0.25) is 10.0 Å². The van der Waals surface area contributed by atoms with Gasteiger partial charge in [0.05, 0.1) is 6.61 Å². The lowest BCUT2D eigenvalue weighted by atomic mass is 9.82. The van der Waals surface area contributed by atoms with Crippen molar-refractivity contribution in [2.75, 3.05) is 20.3 Å². The molecule has 3 aromatic rings. The van der Waals surface area contributed by atoms with Gasteiger partial charge in [-0.1, -0.05) is 59.6 Å². The topological polar surface area (TPSA) is 80.2 Å². The van der Waals surface area contributed by atoms with Crippen molar-refractivity contribution < 1.29 is 19.4 Å². The lowest BCUT2D eigenvalue weighted by Crippen LogP contribution is -2.48. The van der Waals surface area contributed by atoms with E-state index < -0.39 is 11.6 Å². The Hall–Kier alpha value is -3.06. The fourth-order valence-corrected chi connectivity index (χ4v) is 4.60. The van der Waals surface area contributed by atoms with Gasteiger partial charge in [0.25, 0.3) is 5.91 Å². The predicted octanol–water partition coefficient (Wildman–Crippen LogP) is 5.00. The summed E-state index contributed by atoms with van der Waals surface area (Å²) in [4.78, 5) is 18.4. The molecule has 0 bridgehead atoms. The zero-order chi connectivity index (χ0) is 24.8. The van der Waals surface area contributed by atoms with Gasteiger partial charge in [0, 0.05) is 47.7 Å². The van der Waals surface area contributed by atoms with Crippen molar-refractivity contribution in [3.8, 4) is 5.75 Å². The average molecular weight is 513 g/mol. The highest BCUT2D eigenvalue weighted by Crippen LogP contribution is 2.45. The first kappa shape index (κ1) is 25.0. The van der Waals surface area contributed by atoms with Gasteiger partial charge in [-0.3, -0.25) is 4.79 Å². The van der Waals surface area contributed by atoms with Gasteiger partial charge in [-0.15, -0.1) is 0 Å². The number of rotatable bonds is 9. The van der Waals surface area contributed by atoms with Gasteiger partial charge in [0.15, 0.2) is 11.6 Å². The summed E-state index contributed by atoms with van der Waals surface area (Å²) in [6.07, 6.45) is 0.0843. The maximum atomic E-state index is 13.5. The summed E-state index contributed by atoms with van der Waals surface area (Å²) in [6, 6.07) is 22.1. The first-order valence-corrected chi connectivity index (χ1v) is 12.0. The summed E-state index contributed by atoms with van der Waals surface area (Å²) in [7, 11) is 1.58. The van der Waals surface area contributed by atoms with Crippen molar-refractivity contribution in [1.29, 1.82) is 0 Å². The van der Waals surface area contributed by atoms with Crippen LogP contribution in [0.25, 0.3) is 0 Å². The number of nitrogens with zero attached hydrogens (tertiary/aromatic N) is 1. The summed E-state index contributed by atoms with van der Waals surface area (Å²) in [5.74, 6) is 0.721. The van der Waals surface area contributed by atoms with Gasteiger partial charge in [-0.05, 0) is 42.0 Å². The molecule has 4 rings (SSSR count). The highest BCUT2D eigenvalue weighted by Gasteiger charge is 2.53. The van der Waals surface area contributed by atoms with E-state index in [2.05, 4.69) is 5.32 Å². The number of likely N-dealkylation sites (N-methyl/N-ethyl adjacent to an activating group) is 1. The molecule has 3 aromatic carbocycles. The number of aliphatic imine (C=N–C) groups is 1. The molecule has 0 unspecified atom stereocenters. The molecule has 0 saturated heterocycles. The molecule has 1 amide bonds. The molecule has 1 heterocycles. The molecule has 1 aliphatic rings. The molecular formula is C27H26Cl2N2O4. The number of hydrogen-bond acceptors (Lipinski definition) is 5. The standard InChI is InChI=1S/C27H26Cl2N2O4/c1-30-26(33)27(17-18-6-3-2-4-7-18)24(22-13-10-20(28)16-23(22)29)35-25(31-27)19-8-11-21(12-9-19)34-15-5-14-32/h2-4,6-13,16,24,32H,5,14-15,17H2,1H3,(H,30,33)/t24-,27-/m1/s1. The quantitative estimate of drug-likeness (QED) is 0.395. The second kappa shape index (κ2) is 11.1. The number of aliphatic hydroxyl groups is 1. The van der Waals surface area contributed by atoms with Gasteiger partial charge in [-0.2, -0.15) is 0 Å². The molecule has 0 aromatic heterocycles. The van der Waals surface area contributed by atoms with E-state index in [9.17, 15) is 4.79 Å². The number of hydrogen-bond donors (Lipinski definition) is 2. The molecule has 1 aliphatic heterocycles. The van der Waals surface area contributed by atoms with E-state index in [1.807, 2.05) is 42.5 Å². The van der Waals surface area contributed by atoms with Crippen LogP contribution in [-0.4, -0.2) is 42.7 Å². The zero-order valence-electron chi connectivity index (χ0n) is 19.2. The van der Waals surface area contributed by atoms with Crippen LogP contribution in [0.15, 0.2) is 77.8 Å². The van der Waals surface area contributed by atoms with Crippen molar-refractivity contribution in [3.05, 3.63) is 99.5 Å². The third-order valence-corrected chi connectivity index (χ3v) is 6.38. The summed E-state index contributed by atoms with van der Waals surface area (Å²) in [5, 5.41) is 12.6. The van der Waals surface area contributed by atoms with Crippen molar-refractivity contribution in [1.82, 2.24) is 5.32 Å². The van der Waals surface area contributed by atoms with Crippen LogP contribution in [0, 0.1) is 0 Å². The molecule has 0 saturated carbocycles. The Bertz CT molecular complexity index is 1200.